The molecule has 2 N–H and O–H groups in total. The fourth-order valence-electron chi connectivity index (χ4n) is 4.63. The largest absolute Gasteiger partial charge is 0.497 e. The molecular weight excluding hydrogens is 582 g/mol. The first-order chi connectivity index (χ1) is 21.4. The molecule has 0 fully saturated rings. The Balaban J connectivity index is 1.47. The smallest absolute Gasteiger partial charge is 0.230 e. The van der Waals surface area contributed by atoms with E-state index in [1.165, 1.54) is 14.2 Å². The average molecular weight is 614 g/mol. The molecule has 4 aromatic carbocycles. The standard InChI is InChI=1S/C32H31N5O6S/c1-41-25-18-23(19-26(20-25)42-2)34-31-32(36-28-13-6-5-12-27(28)35-31)37(44(39)40)24-11-8-10-22(17-24)33-30(38)16-15-21-9-4-7-14-29(21)43-3/h4-14,17-20,44H,15-16H2,1-3H3,(H,33,38)(H,34,35). The van der Waals surface area contributed by atoms with Crippen LogP contribution in [0.25, 0.3) is 11.0 Å². The van der Waals surface area contributed by atoms with Gasteiger partial charge in [0.15, 0.2) is 11.6 Å². The van der Waals surface area contributed by atoms with Crippen LogP contribution >= 0.6 is 0 Å². The summed E-state index contributed by atoms with van der Waals surface area (Å²) in [6, 6.07) is 26.4. The van der Waals surface area contributed by atoms with Crippen molar-refractivity contribution < 1.29 is 27.4 Å². The molecule has 11 nitrogen and oxygen atoms in total. The zero-order valence-electron chi connectivity index (χ0n) is 24.3. The van der Waals surface area contributed by atoms with Crippen molar-refractivity contribution in [2.24, 2.45) is 0 Å². The van der Waals surface area contributed by atoms with Gasteiger partial charge in [0, 0.05) is 36.0 Å². The molecule has 1 amide bonds. The molecule has 0 aliphatic rings. The van der Waals surface area contributed by atoms with Gasteiger partial charge < -0.3 is 24.8 Å². The maximum atomic E-state index is 12.8. The molecule has 226 valence electrons. The number of amides is 1. The number of nitrogens with zero attached hydrogens (tertiary/aromatic N) is 3. The number of thiol groups is 1. The monoisotopic (exact) mass is 613 g/mol. The Morgan fingerprint density at radius 3 is 2.14 bits per heavy atom. The number of para-hydroxylation sites is 3. The third-order valence-corrected chi connectivity index (χ3v) is 7.47. The summed E-state index contributed by atoms with van der Waals surface area (Å²) in [5, 5.41) is 6.05. The van der Waals surface area contributed by atoms with Crippen molar-refractivity contribution in [1.29, 1.82) is 0 Å². The van der Waals surface area contributed by atoms with Crippen LogP contribution in [0.3, 0.4) is 0 Å². The molecule has 1 aromatic heterocycles. The van der Waals surface area contributed by atoms with E-state index in [2.05, 4.69) is 15.6 Å². The van der Waals surface area contributed by atoms with Gasteiger partial charge in [0.25, 0.3) is 0 Å². The number of fused-ring (bicyclic) bond motifs is 1. The van der Waals surface area contributed by atoms with Gasteiger partial charge in [-0.2, -0.15) is 0 Å². The number of aromatic nitrogens is 2. The van der Waals surface area contributed by atoms with E-state index in [1.807, 2.05) is 30.3 Å². The normalized spacial score (nSPS) is 10.8. The number of carbonyl (C=O) groups is 1. The van der Waals surface area contributed by atoms with Crippen LogP contribution in [0.4, 0.5) is 28.7 Å². The maximum Gasteiger partial charge on any atom is 0.230 e. The van der Waals surface area contributed by atoms with E-state index < -0.39 is 10.9 Å². The Labute approximate surface area is 256 Å². The molecule has 1 heterocycles. The lowest BCUT2D eigenvalue weighted by molar-refractivity contribution is -0.116. The van der Waals surface area contributed by atoms with Crippen LogP contribution in [-0.2, 0) is 22.1 Å². The first-order valence-corrected chi connectivity index (χ1v) is 14.7. The lowest BCUT2D eigenvalue weighted by Gasteiger charge is -2.21. The number of aryl methyl sites for hydroxylation is 1. The summed E-state index contributed by atoms with van der Waals surface area (Å²) in [5.41, 5.74) is 3.21. The Hall–Kier alpha value is -5.36. The summed E-state index contributed by atoms with van der Waals surface area (Å²) in [5.74, 6) is 1.77. The number of anilines is 5. The number of methoxy groups -OCH3 is 3. The number of hydrogen-bond acceptors (Lipinski definition) is 9. The minimum Gasteiger partial charge on any atom is -0.497 e. The summed E-state index contributed by atoms with van der Waals surface area (Å²) in [4.78, 5) is 22.2. The van der Waals surface area contributed by atoms with E-state index in [4.69, 9.17) is 19.2 Å². The van der Waals surface area contributed by atoms with Crippen LogP contribution in [-0.4, -0.2) is 45.6 Å². The maximum absolute atomic E-state index is 12.8. The lowest BCUT2D eigenvalue weighted by atomic mass is 10.1. The summed E-state index contributed by atoms with van der Waals surface area (Å²) in [7, 11) is 1.42. The van der Waals surface area contributed by atoms with Crippen LogP contribution in [0.1, 0.15) is 12.0 Å². The van der Waals surface area contributed by atoms with Crippen molar-refractivity contribution in [2.45, 2.75) is 12.8 Å². The van der Waals surface area contributed by atoms with Gasteiger partial charge in [-0.05, 0) is 48.4 Å². The van der Waals surface area contributed by atoms with Crippen molar-refractivity contribution in [3.63, 3.8) is 0 Å². The molecule has 0 aliphatic carbocycles. The van der Waals surface area contributed by atoms with Crippen LogP contribution < -0.4 is 29.1 Å². The molecule has 5 rings (SSSR count). The molecule has 44 heavy (non-hydrogen) atoms. The van der Waals surface area contributed by atoms with Crippen molar-refractivity contribution in [3.8, 4) is 17.2 Å². The topological polar surface area (TPSA) is 132 Å². The van der Waals surface area contributed by atoms with Gasteiger partial charge in [-0.15, -0.1) is 0 Å². The minimum absolute atomic E-state index is 0.0428. The van der Waals surface area contributed by atoms with Gasteiger partial charge in [-0.25, -0.2) is 22.7 Å². The number of rotatable bonds is 12. The molecular formula is C32H31N5O6S. The Kier molecular flexibility index (Phi) is 9.40. The SMILES string of the molecule is COc1cc(Nc2nc3ccccc3nc2N(c2cccc(NC(=O)CCc3ccccc3OC)c2)[SH](=O)=O)cc(OC)c1. The summed E-state index contributed by atoms with van der Waals surface area (Å²) < 4.78 is 42.8. The number of nitrogens with one attached hydrogen (secondary N) is 2. The quantitative estimate of drug-likeness (QED) is 0.153. The van der Waals surface area contributed by atoms with Crippen molar-refractivity contribution in [3.05, 3.63) is 96.6 Å². The number of carbonyl (C=O) groups excluding carboxylic acids is 1. The van der Waals surface area contributed by atoms with Crippen molar-refractivity contribution in [2.75, 3.05) is 36.3 Å². The Morgan fingerprint density at radius 1 is 0.773 bits per heavy atom. The molecule has 5 aromatic rings. The summed E-state index contributed by atoms with van der Waals surface area (Å²) in [6.45, 7) is 0. The second-order valence-corrected chi connectivity index (χ2v) is 10.4. The van der Waals surface area contributed by atoms with Gasteiger partial charge in [0.2, 0.25) is 16.8 Å². The molecule has 12 heteroatoms. The van der Waals surface area contributed by atoms with Crippen LogP contribution in [0.5, 0.6) is 17.2 Å². The van der Waals surface area contributed by atoms with E-state index in [-0.39, 0.29) is 29.7 Å². The van der Waals surface area contributed by atoms with E-state index >= 15 is 0 Å². The molecule has 0 aliphatic heterocycles. The lowest BCUT2D eigenvalue weighted by Crippen LogP contribution is -2.19. The first kappa shape index (κ1) is 30.1. The highest BCUT2D eigenvalue weighted by molar-refractivity contribution is 7.74. The molecule has 0 saturated carbocycles. The second-order valence-electron chi connectivity index (χ2n) is 9.57. The highest BCUT2D eigenvalue weighted by Crippen LogP contribution is 2.36. The first-order valence-electron chi connectivity index (χ1n) is 13.6. The van der Waals surface area contributed by atoms with Gasteiger partial charge >= 0.3 is 0 Å². The van der Waals surface area contributed by atoms with E-state index in [1.54, 1.807) is 67.8 Å². The van der Waals surface area contributed by atoms with Gasteiger partial charge in [-0.1, -0.05) is 36.4 Å². The molecule has 0 saturated heterocycles. The fraction of sp³-hybridized carbons (Fsp3) is 0.156. The average Bonchev–Trinajstić information content (AvgIpc) is 3.04. The zero-order valence-corrected chi connectivity index (χ0v) is 25.2. The van der Waals surface area contributed by atoms with Gasteiger partial charge in [-0.3, -0.25) is 4.79 Å². The fourth-order valence-corrected chi connectivity index (χ4v) is 5.24. The summed E-state index contributed by atoms with van der Waals surface area (Å²) in [6.07, 6.45) is 0.684. The molecule has 0 bridgehead atoms. The zero-order chi connectivity index (χ0) is 31.1. The van der Waals surface area contributed by atoms with Crippen molar-refractivity contribution >= 4 is 56.5 Å². The van der Waals surface area contributed by atoms with E-state index in [0.29, 0.717) is 46.1 Å². The minimum atomic E-state index is -3.24. The molecule has 0 spiro atoms. The van der Waals surface area contributed by atoms with Crippen molar-refractivity contribution in [1.82, 2.24) is 9.97 Å². The highest BCUT2D eigenvalue weighted by atomic mass is 32.2. The third-order valence-electron chi connectivity index (χ3n) is 6.72. The number of benzene rings is 4. The highest BCUT2D eigenvalue weighted by Gasteiger charge is 2.22. The van der Waals surface area contributed by atoms with E-state index in [9.17, 15) is 13.2 Å². The predicted molar refractivity (Wildman–Crippen MR) is 171 cm³/mol. The van der Waals surface area contributed by atoms with Crippen LogP contribution in [0.2, 0.25) is 0 Å². The van der Waals surface area contributed by atoms with Crippen LogP contribution in [0, 0.1) is 0 Å². The Bertz CT molecular complexity index is 1850. The molecule has 0 unspecified atom stereocenters. The van der Waals surface area contributed by atoms with Crippen LogP contribution in [0.15, 0.2) is 91.0 Å². The third kappa shape index (κ3) is 6.98. The number of hydrogen-bond donors (Lipinski definition) is 3. The molecule has 0 radical (unpaired) electrons. The van der Waals surface area contributed by atoms with Gasteiger partial charge in [0.05, 0.1) is 38.1 Å². The summed E-state index contributed by atoms with van der Waals surface area (Å²) >= 11 is 0. The van der Waals surface area contributed by atoms with E-state index in [0.717, 1.165) is 9.87 Å². The van der Waals surface area contributed by atoms with Gasteiger partial charge in [0.1, 0.15) is 17.2 Å². The molecule has 0 atom stereocenters. The predicted octanol–water partition coefficient (Wildman–Crippen LogP) is 5.64. The second kappa shape index (κ2) is 13.7. The number of ether oxygens (including phenoxy) is 3. The Morgan fingerprint density at radius 2 is 1.45 bits per heavy atom.